The molecule has 2 atom stereocenters. The SMILES string of the molecule is O=S(O)C(F)(F)CC(F)(F)S(=O)O. The predicted octanol–water partition coefficient (Wildman–Crippen LogP) is 1.01. The smallest absolute Gasteiger partial charge is 0.301 e. The molecular formula is C3H4F4O4S2. The Bertz CT molecular complexity index is 218. The van der Waals surface area contributed by atoms with Crippen molar-refractivity contribution in [3.8, 4) is 0 Å². The van der Waals surface area contributed by atoms with Gasteiger partial charge in [-0.25, -0.2) is 8.42 Å². The third-order valence-corrected chi connectivity index (χ3v) is 2.23. The van der Waals surface area contributed by atoms with E-state index >= 15 is 0 Å². The third-order valence-electron chi connectivity index (χ3n) is 0.923. The highest BCUT2D eigenvalue weighted by Gasteiger charge is 2.51. The van der Waals surface area contributed by atoms with Crippen molar-refractivity contribution in [1.82, 2.24) is 0 Å². The molecule has 0 aliphatic rings. The van der Waals surface area contributed by atoms with Crippen LogP contribution in [0.4, 0.5) is 17.6 Å². The van der Waals surface area contributed by atoms with E-state index in [0.717, 1.165) is 0 Å². The molecule has 2 unspecified atom stereocenters. The van der Waals surface area contributed by atoms with E-state index in [2.05, 4.69) is 0 Å². The summed E-state index contributed by atoms with van der Waals surface area (Å²) < 4.78 is 83.7. The molecule has 0 saturated carbocycles. The van der Waals surface area contributed by atoms with Gasteiger partial charge in [0, 0.05) is 0 Å². The van der Waals surface area contributed by atoms with E-state index < -0.39 is 39.1 Å². The minimum atomic E-state index is -4.61. The molecule has 0 saturated heterocycles. The Kier molecular flexibility index (Phi) is 3.97. The summed E-state index contributed by atoms with van der Waals surface area (Å²) in [4.78, 5) is 0. The molecule has 0 spiro atoms. The number of rotatable bonds is 4. The minimum absolute atomic E-state index is 2.45. The molecule has 2 N–H and O–H groups in total. The van der Waals surface area contributed by atoms with Crippen LogP contribution in [-0.4, -0.2) is 28.0 Å². The molecule has 0 aromatic heterocycles. The lowest BCUT2D eigenvalue weighted by atomic mass is 10.5. The van der Waals surface area contributed by atoms with Crippen LogP contribution in [0.15, 0.2) is 0 Å². The fourth-order valence-corrected chi connectivity index (χ4v) is 1.06. The number of hydrogen-bond donors (Lipinski definition) is 2. The van der Waals surface area contributed by atoms with Crippen LogP contribution in [0.1, 0.15) is 6.42 Å². The van der Waals surface area contributed by atoms with Crippen molar-refractivity contribution in [3.63, 3.8) is 0 Å². The Morgan fingerprint density at radius 1 is 0.923 bits per heavy atom. The second-order valence-corrected chi connectivity index (χ2v) is 4.14. The van der Waals surface area contributed by atoms with Gasteiger partial charge >= 0.3 is 10.5 Å². The molecule has 0 aromatic rings. The summed E-state index contributed by atoms with van der Waals surface area (Å²) in [5, 5.41) is -9.22. The van der Waals surface area contributed by atoms with Gasteiger partial charge < -0.3 is 9.11 Å². The van der Waals surface area contributed by atoms with Crippen LogP contribution in [0.5, 0.6) is 0 Å². The Morgan fingerprint density at radius 2 is 1.15 bits per heavy atom. The van der Waals surface area contributed by atoms with Gasteiger partial charge in [0.1, 0.15) is 6.42 Å². The molecule has 0 fully saturated rings. The van der Waals surface area contributed by atoms with E-state index in [-0.39, 0.29) is 0 Å². The number of alkyl halides is 4. The maximum atomic E-state index is 12.1. The summed E-state index contributed by atoms with van der Waals surface area (Å²) in [6, 6.07) is 0. The van der Waals surface area contributed by atoms with Crippen molar-refractivity contribution >= 4 is 22.2 Å². The first-order valence-electron chi connectivity index (χ1n) is 2.57. The summed E-state index contributed by atoms with van der Waals surface area (Å²) >= 11 is -7.60. The van der Waals surface area contributed by atoms with Crippen LogP contribution in [0.3, 0.4) is 0 Å². The minimum Gasteiger partial charge on any atom is -0.301 e. The van der Waals surface area contributed by atoms with Gasteiger partial charge in [-0.05, 0) is 0 Å². The fourth-order valence-electron chi connectivity index (χ4n) is 0.363. The lowest BCUT2D eigenvalue weighted by Crippen LogP contribution is -2.35. The van der Waals surface area contributed by atoms with Crippen LogP contribution in [-0.2, 0) is 22.2 Å². The zero-order valence-corrected chi connectivity index (χ0v) is 7.38. The van der Waals surface area contributed by atoms with Gasteiger partial charge in [-0.2, -0.15) is 17.6 Å². The van der Waals surface area contributed by atoms with Gasteiger partial charge in [0.15, 0.2) is 0 Å². The van der Waals surface area contributed by atoms with E-state index in [9.17, 15) is 26.0 Å². The van der Waals surface area contributed by atoms with E-state index in [1.165, 1.54) is 0 Å². The van der Waals surface area contributed by atoms with Gasteiger partial charge in [-0.1, -0.05) is 0 Å². The molecule has 4 nitrogen and oxygen atoms in total. The molecule has 10 heteroatoms. The Hall–Kier alpha value is -0.0600. The average Bonchev–Trinajstić information content (AvgIpc) is 1.83. The molecule has 0 heterocycles. The van der Waals surface area contributed by atoms with Crippen LogP contribution in [0.25, 0.3) is 0 Å². The zero-order chi connectivity index (χ0) is 10.9. The summed E-state index contributed by atoms with van der Waals surface area (Å²) in [7, 11) is 0. The second kappa shape index (κ2) is 3.98. The van der Waals surface area contributed by atoms with Crippen LogP contribution in [0, 0.1) is 0 Å². The molecule has 80 valence electrons. The molecule has 0 aliphatic carbocycles. The molecule has 0 rings (SSSR count). The number of halogens is 4. The fraction of sp³-hybridized carbons (Fsp3) is 1.00. The van der Waals surface area contributed by atoms with Crippen LogP contribution < -0.4 is 0 Å². The van der Waals surface area contributed by atoms with Crippen molar-refractivity contribution in [3.05, 3.63) is 0 Å². The largest absolute Gasteiger partial charge is 0.352 e. The Labute approximate surface area is 74.9 Å². The normalized spacial score (nSPS) is 18.3. The van der Waals surface area contributed by atoms with E-state index in [4.69, 9.17) is 9.11 Å². The summed E-state index contributed by atoms with van der Waals surface area (Å²) in [6.45, 7) is 0. The first-order valence-corrected chi connectivity index (χ1v) is 4.78. The maximum absolute atomic E-state index is 12.1. The number of hydrogen-bond acceptors (Lipinski definition) is 2. The molecular weight excluding hydrogens is 240 g/mol. The van der Waals surface area contributed by atoms with Crippen LogP contribution in [0.2, 0.25) is 0 Å². The molecule has 0 aliphatic heterocycles. The first kappa shape index (κ1) is 12.9. The maximum Gasteiger partial charge on any atom is 0.352 e. The summed E-state index contributed by atoms with van der Waals surface area (Å²) in [5.74, 6) is 0. The molecule has 13 heavy (non-hydrogen) atoms. The van der Waals surface area contributed by atoms with E-state index in [1.807, 2.05) is 0 Å². The van der Waals surface area contributed by atoms with Crippen LogP contribution >= 0.6 is 0 Å². The predicted molar refractivity (Wildman–Crippen MR) is 36.1 cm³/mol. The topological polar surface area (TPSA) is 74.6 Å². The van der Waals surface area contributed by atoms with E-state index in [0.29, 0.717) is 0 Å². The highest BCUT2D eigenvalue weighted by atomic mass is 32.2. The van der Waals surface area contributed by atoms with Crippen molar-refractivity contribution < 1.29 is 35.1 Å². The van der Waals surface area contributed by atoms with Gasteiger partial charge in [-0.3, -0.25) is 0 Å². The Morgan fingerprint density at radius 3 is 1.31 bits per heavy atom. The lowest BCUT2D eigenvalue weighted by Gasteiger charge is -2.16. The van der Waals surface area contributed by atoms with Crippen molar-refractivity contribution in [2.45, 2.75) is 16.9 Å². The molecule has 0 aromatic carbocycles. The first-order chi connectivity index (χ1) is 5.59. The Balaban J connectivity index is 4.61. The average molecular weight is 244 g/mol. The van der Waals surface area contributed by atoms with Gasteiger partial charge in [-0.15, -0.1) is 0 Å². The standard InChI is InChI=1S/C3H4F4O4S2/c4-2(5,12(8)9)1-3(6,7)13(10)11/h1H2,(H,8,9)(H,10,11). The highest BCUT2D eigenvalue weighted by Crippen LogP contribution is 2.33. The second-order valence-electron chi connectivity index (χ2n) is 1.95. The summed E-state index contributed by atoms with van der Waals surface area (Å²) in [5.41, 5.74) is 0. The quantitative estimate of drug-likeness (QED) is 0.571. The van der Waals surface area contributed by atoms with Gasteiger partial charge in [0.2, 0.25) is 22.2 Å². The lowest BCUT2D eigenvalue weighted by molar-refractivity contribution is -0.0165. The third kappa shape index (κ3) is 3.67. The molecule has 0 bridgehead atoms. The monoisotopic (exact) mass is 244 g/mol. The van der Waals surface area contributed by atoms with E-state index in [1.54, 1.807) is 0 Å². The molecule has 0 radical (unpaired) electrons. The summed E-state index contributed by atoms with van der Waals surface area (Å²) in [6.07, 6.45) is -2.45. The van der Waals surface area contributed by atoms with Crippen molar-refractivity contribution in [2.24, 2.45) is 0 Å². The van der Waals surface area contributed by atoms with Crippen molar-refractivity contribution in [1.29, 1.82) is 0 Å². The zero-order valence-electron chi connectivity index (χ0n) is 5.75. The molecule has 0 amide bonds. The highest BCUT2D eigenvalue weighted by molar-refractivity contribution is 7.81. The van der Waals surface area contributed by atoms with Gasteiger partial charge in [0.05, 0.1) is 0 Å². The van der Waals surface area contributed by atoms with Crippen molar-refractivity contribution in [2.75, 3.05) is 0 Å². The van der Waals surface area contributed by atoms with Gasteiger partial charge in [0.25, 0.3) is 0 Å².